The van der Waals surface area contributed by atoms with E-state index >= 15 is 0 Å². The summed E-state index contributed by atoms with van der Waals surface area (Å²) in [5.41, 5.74) is 0.950. The van der Waals surface area contributed by atoms with Crippen molar-refractivity contribution in [1.29, 1.82) is 0 Å². The Bertz CT molecular complexity index is 526. The van der Waals surface area contributed by atoms with Gasteiger partial charge in [-0.2, -0.15) is 0 Å². The van der Waals surface area contributed by atoms with Crippen molar-refractivity contribution in [1.82, 2.24) is 15.5 Å². The molecule has 1 aliphatic rings. The molecule has 0 bridgehead atoms. The summed E-state index contributed by atoms with van der Waals surface area (Å²) in [5.74, 6) is 0.295. The van der Waals surface area contributed by atoms with Crippen LogP contribution in [0, 0.1) is 5.92 Å². The van der Waals surface area contributed by atoms with Crippen molar-refractivity contribution in [2.24, 2.45) is 5.92 Å². The summed E-state index contributed by atoms with van der Waals surface area (Å²) in [7, 11) is 1.79. The lowest BCUT2D eigenvalue weighted by molar-refractivity contribution is -0.130. The van der Waals surface area contributed by atoms with Crippen LogP contribution in [0.25, 0.3) is 0 Å². The molecule has 1 amide bonds. The van der Waals surface area contributed by atoms with Crippen molar-refractivity contribution in [3.63, 3.8) is 0 Å². The molecule has 3 atom stereocenters. The molecule has 23 heavy (non-hydrogen) atoms. The van der Waals surface area contributed by atoms with Gasteiger partial charge in [0, 0.05) is 56.6 Å². The van der Waals surface area contributed by atoms with Crippen molar-refractivity contribution >= 4 is 17.5 Å². The zero-order valence-electron chi connectivity index (χ0n) is 13.8. The van der Waals surface area contributed by atoms with Crippen LogP contribution in [-0.4, -0.2) is 54.7 Å². The number of hydrogen-bond donors (Lipinski definition) is 3. The third-order valence-corrected chi connectivity index (χ3v) is 4.67. The predicted octanol–water partition coefficient (Wildman–Crippen LogP) is 1.25. The molecule has 1 aromatic rings. The van der Waals surface area contributed by atoms with Gasteiger partial charge in [-0.1, -0.05) is 29.8 Å². The minimum absolute atomic E-state index is 0.0731. The standard InChI is InChI=1S/C17H26ClN3O2/c1-12(20-9-14-8-19-10-16(14)22)7-17(23)21(2)11-13-5-3-4-6-15(13)18/h3-6,12,14,16,19-20,22H,7-11H2,1-2H3. The SMILES string of the molecule is CC(CC(=O)N(C)Cc1ccccc1Cl)NCC1CNCC1O. The monoisotopic (exact) mass is 339 g/mol. The smallest absolute Gasteiger partial charge is 0.224 e. The number of benzene rings is 1. The molecular weight excluding hydrogens is 314 g/mol. The van der Waals surface area contributed by atoms with Gasteiger partial charge in [0.15, 0.2) is 0 Å². The molecule has 1 heterocycles. The number of carbonyl (C=O) groups is 1. The average molecular weight is 340 g/mol. The molecule has 3 unspecified atom stereocenters. The Labute approximate surface area is 143 Å². The minimum atomic E-state index is -0.298. The maximum atomic E-state index is 12.3. The topological polar surface area (TPSA) is 64.6 Å². The fraction of sp³-hybridized carbons (Fsp3) is 0.588. The van der Waals surface area contributed by atoms with E-state index < -0.39 is 0 Å². The summed E-state index contributed by atoms with van der Waals surface area (Å²) >= 11 is 6.13. The number of halogens is 1. The molecule has 0 spiro atoms. The van der Waals surface area contributed by atoms with Crippen molar-refractivity contribution in [3.05, 3.63) is 34.9 Å². The molecule has 2 rings (SSSR count). The van der Waals surface area contributed by atoms with Gasteiger partial charge >= 0.3 is 0 Å². The van der Waals surface area contributed by atoms with Crippen LogP contribution >= 0.6 is 11.6 Å². The molecule has 1 aromatic carbocycles. The van der Waals surface area contributed by atoms with Crippen molar-refractivity contribution in [2.75, 3.05) is 26.7 Å². The van der Waals surface area contributed by atoms with Gasteiger partial charge in [0.05, 0.1) is 6.10 Å². The number of nitrogens with zero attached hydrogens (tertiary/aromatic N) is 1. The zero-order valence-corrected chi connectivity index (χ0v) is 14.5. The molecule has 128 valence electrons. The molecule has 0 saturated carbocycles. The molecule has 0 radical (unpaired) electrons. The summed E-state index contributed by atoms with van der Waals surface area (Å²) in [5, 5.41) is 17.0. The first-order chi connectivity index (χ1) is 11.0. The largest absolute Gasteiger partial charge is 0.391 e. The Hall–Kier alpha value is -1.14. The van der Waals surface area contributed by atoms with Gasteiger partial charge in [0.2, 0.25) is 5.91 Å². The van der Waals surface area contributed by atoms with Gasteiger partial charge in [0.1, 0.15) is 0 Å². The minimum Gasteiger partial charge on any atom is -0.391 e. The van der Waals surface area contributed by atoms with Gasteiger partial charge in [-0.25, -0.2) is 0 Å². The van der Waals surface area contributed by atoms with E-state index in [1.807, 2.05) is 31.2 Å². The quantitative estimate of drug-likeness (QED) is 0.699. The Morgan fingerprint density at radius 3 is 2.87 bits per heavy atom. The molecule has 1 fully saturated rings. The number of aliphatic hydroxyl groups is 1. The number of aliphatic hydroxyl groups excluding tert-OH is 1. The van der Waals surface area contributed by atoms with Gasteiger partial charge < -0.3 is 20.6 Å². The summed E-state index contributed by atoms with van der Waals surface area (Å²) in [6.07, 6.45) is 0.130. The number of amides is 1. The predicted molar refractivity (Wildman–Crippen MR) is 92.4 cm³/mol. The van der Waals surface area contributed by atoms with E-state index in [9.17, 15) is 9.90 Å². The van der Waals surface area contributed by atoms with Crippen LogP contribution in [0.3, 0.4) is 0 Å². The third kappa shape index (κ3) is 5.46. The van der Waals surface area contributed by atoms with Crippen LogP contribution in [0.15, 0.2) is 24.3 Å². The summed E-state index contributed by atoms with van der Waals surface area (Å²) in [4.78, 5) is 14.0. The third-order valence-electron chi connectivity index (χ3n) is 4.30. The van der Waals surface area contributed by atoms with Gasteiger partial charge in [-0.3, -0.25) is 4.79 Å². The summed E-state index contributed by atoms with van der Waals surface area (Å²) in [6, 6.07) is 7.64. The molecule has 6 heteroatoms. The molecule has 0 aromatic heterocycles. The van der Waals surface area contributed by atoms with Crippen LogP contribution in [-0.2, 0) is 11.3 Å². The van der Waals surface area contributed by atoms with Crippen LogP contribution in [0.5, 0.6) is 0 Å². The van der Waals surface area contributed by atoms with Crippen LogP contribution in [0.2, 0.25) is 5.02 Å². The van der Waals surface area contributed by atoms with Crippen molar-refractivity contribution in [3.8, 4) is 0 Å². The van der Waals surface area contributed by atoms with E-state index in [2.05, 4.69) is 10.6 Å². The second-order valence-electron chi connectivity index (χ2n) is 6.34. The fourth-order valence-corrected chi connectivity index (χ4v) is 2.94. The van der Waals surface area contributed by atoms with E-state index in [-0.39, 0.29) is 24.0 Å². The van der Waals surface area contributed by atoms with E-state index in [1.165, 1.54) is 0 Å². The first-order valence-electron chi connectivity index (χ1n) is 8.07. The zero-order chi connectivity index (χ0) is 16.8. The molecule has 1 aliphatic heterocycles. The second kappa shape index (κ2) is 8.64. The molecule has 0 aliphatic carbocycles. The number of carbonyl (C=O) groups excluding carboxylic acids is 1. The maximum absolute atomic E-state index is 12.3. The second-order valence-corrected chi connectivity index (χ2v) is 6.75. The number of β-amino-alcohol motifs (C(OH)–C–C–N with tert-alkyl or cyclic N) is 1. The van der Waals surface area contributed by atoms with E-state index in [0.29, 0.717) is 24.5 Å². The fourth-order valence-electron chi connectivity index (χ4n) is 2.74. The Balaban J connectivity index is 1.75. The molecule has 1 saturated heterocycles. The normalized spacial score (nSPS) is 22.1. The van der Waals surface area contributed by atoms with Crippen molar-refractivity contribution < 1.29 is 9.90 Å². The summed E-state index contributed by atoms with van der Waals surface area (Å²) in [6.45, 7) is 4.70. The average Bonchev–Trinajstić information content (AvgIpc) is 2.92. The molecule has 3 N–H and O–H groups in total. The Kier molecular flexibility index (Phi) is 6.84. The van der Waals surface area contributed by atoms with Crippen LogP contribution in [0.1, 0.15) is 18.9 Å². The number of nitrogens with one attached hydrogen (secondary N) is 2. The maximum Gasteiger partial charge on any atom is 0.224 e. The lowest BCUT2D eigenvalue weighted by Crippen LogP contribution is -2.39. The van der Waals surface area contributed by atoms with Gasteiger partial charge in [-0.05, 0) is 18.6 Å². The van der Waals surface area contributed by atoms with E-state index in [0.717, 1.165) is 18.7 Å². The Morgan fingerprint density at radius 1 is 1.48 bits per heavy atom. The van der Waals surface area contributed by atoms with Gasteiger partial charge in [-0.15, -0.1) is 0 Å². The molecule has 5 nitrogen and oxygen atoms in total. The lowest BCUT2D eigenvalue weighted by atomic mass is 10.1. The highest BCUT2D eigenvalue weighted by atomic mass is 35.5. The van der Waals surface area contributed by atoms with Crippen LogP contribution in [0.4, 0.5) is 0 Å². The number of rotatable bonds is 7. The highest BCUT2D eigenvalue weighted by Crippen LogP contribution is 2.17. The van der Waals surface area contributed by atoms with Gasteiger partial charge in [0.25, 0.3) is 0 Å². The van der Waals surface area contributed by atoms with E-state index in [1.54, 1.807) is 11.9 Å². The molecular formula is C17H26ClN3O2. The first-order valence-corrected chi connectivity index (χ1v) is 8.44. The highest BCUT2D eigenvalue weighted by molar-refractivity contribution is 6.31. The van der Waals surface area contributed by atoms with E-state index in [4.69, 9.17) is 11.6 Å². The lowest BCUT2D eigenvalue weighted by Gasteiger charge is -2.22. The first kappa shape index (κ1) is 18.2. The summed E-state index contributed by atoms with van der Waals surface area (Å²) < 4.78 is 0. The van der Waals surface area contributed by atoms with Crippen LogP contribution < -0.4 is 10.6 Å². The van der Waals surface area contributed by atoms with Crippen molar-refractivity contribution in [2.45, 2.75) is 32.0 Å². The highest BCUT2D eigenvalue weighted by Gasteiger charge is 2.25. The number of hydrogen-bond acceptors (Lipinski definition) is 4. The Morgan fingerprint density at radius 2 is 2.22 bits per heavy atom.